The van der Waals surface area contributed by atoms with Gasteiger partial charge in [-0.2, -0.15) is 10.2 Å². The normalized spacial score (nSPS) is 10.5. The molecule has 0 aliphatic carbocycles. The molecule has 0 aromatic carbocycles. The minimum Gasteiger partial charge on any atom is -0.332 e. The first-order valence-corrected chi connectivity index (χ1v) is 4.92. The molecule has 1 N–H and O–H groups in total. The summed E-state index contributed by atoms with van der Waals surface area (Å²) in [7, 11) is 3.42. The molecule has 0 fully saturated rings. The summed E-state index contributed by atoms with van der Waals surface area (Å²) in [6.07, 6.45) is 3.32. The summed E-state index contributed by atoms with van der Waals surface area (Å²) < 4.78 is 3.05. The first-order chi connectivity index (χ1) is 7.99. The summed E-state index contributed by atoms with van der Waals surface area (Å²) in [5, 5.41) is 21.9. The average molecular weight is 236 g/mol. The van der Waals surface area contributed by atoms with Crippen molar-refractivity contribution in [2.24, 2.45) is 14.1 Å². The molecule has 0 unspecified atom stereocenters. The van der Waals surface area contributed by atoms with Crippen LogP contribution in [0.2, 0.25) is 0 Å². The van der Waals surface area contributed by atoms with Gasteiger partial charge in [0.2, 0.25) is 5.82 Å². The van der Waals surface area contributed by atoms with E-state index in [1.165, 1.54) is 4.68 Å². The number of aryl methyl sites for hydroxylation is 3. The second-order valence-corrected chi connectivity index (χ2v) is 3.69. The third kappa shape index (κ3) is 1.96. The van der Waals surface area contributed by atoms with Crippen LogP contribution >= 0.6 is 0 Å². The Labute approximate surface area is 97.0 Å². The van der Waals surface area contributed by atoms with E-state index in [0.29, 0.717) is 17.2 Å². The Morgan fingerprint density at radius 1 is 1.47 bits per heavy atom. The number of hydrogen-bond acceptors (Lipinski definition) is 5. The van der Waals surface area contributed by atoms with Crippen LogP contribution in [-0.2, 0) is 14.1 Å². The van der Waals surface area contributed by atoms with Gasteiger partial charge in [-0.25, -0.2) is 4.68 Å². The van der Waals surface area contributed by atoms with Crippen LogP contribution in [0.3, 0.4) is 0 Å². The smallest absolute Gasteiger partial charge is 0.332 e. The Balaban J connectivity index is 2.41. The van der Waals surface area contributed by atoms with Crippen LogP contribution in [0.5, 0.6) is 0 Å². The van der Waals surface area contributed by atoms with Crippen LogP contribution in [0.1, 0.15) is 5.69 Å². The molecule has 0 bridgehead atoms. The molecule has 2 aromatic rings. The van der Waals surface area contributed by atoms with Gasteiger partial charge in [-0.05, 0) is 6.92 Å². The summed E-state index contributed by atoms with van der Waals surface area (Å²) in [5.74, 6) is 0.348. The molecule has 2 rings (SSSR count). The summed E-state index contributed by atoms with van der Waals surface area (Å²) >= 11 is 0. The third-order valence-corrected chi connectivity index (χ3v) is 2.34. The summed E-state index contributed by atoms with van der Waals surface area (Å²) in [6, 6.07) is 0. The zero-order valence-electron chi connectivity index (χ0n) is 9.71. The minimum atomic E-state index is -0.443. The second-order valence-electron chi connectivity index (χ2n) is 3.69. The Bertz CT molecular complexity index is 570. The highest BCUT2D eigenvalue weighted by molar-refractivity contribution is 5.66. The molecule has 0 spiro atoms. The predicted octanol–water partition coefficient (Wildman–Crippen LogP) is 1.11. The van der Waals surface area contributed by atoms with Gasteiger partial charge >= 0.3 is 5.69 Å². The van der Waals surface area contributed by atoms with Crippen LogP contribution in [0.15, 0.2) is 12.4 Å². The molecule has 2 heterocycles. The number of anilines is 2. The fraction of sp³-hybridized carbons (Fsp3) is 0.333. The molecule has 0 radical (unpaired) electrons. The molecule has 8 heteroatoms. The van der Waals surface area contributed by atoms with Crippen molar-refractivity contribution in [2.75, 3.05) is 5.32 Å². The Kier molecular flexibility index (Phi) is 2.54. The molecule has 8 nitrogen and oxygen atoms in total. The highest BCUT2D eigenvalue weighted by Crippen LogP contribution is 2.29. The number of rotatable bonds is 3. The maximum Gasteiger partial charge on any atom is 0.334 e. The number of nitrogens with one attached hydrogen (secondary N) is 1. The van der Waals surface area contributed by atoms with Crippen LogP contribution in [-0.4, -0.2) is 24.5 Å². The predicted molar refractivity (Wildman–Crippen MR) is 61.1 cm³/mol. The van der Waals surface area contributed by atoms with Gasteiger partial charge in [-0.15, -0.1) is 0 Å². The summed E-state index contributed by atoms with van der Waals surface area (Å²) in [4.78, 5) is 10.5. The molecule has 0 aliphatic heterocycles. The molecule has 2 aromatic heterocycles. The van der Waals surface area contributed by atoms with Crippen LogP contribution < -0.4 is 5.32 Å². The van der Waals surface area contributed by atoms with Crippen molar-refractivity contribution in [3.05, 3.63) is 28.2 Å². The highest BCUT2D eigenvalue weighted by Gasteiger charge is 2.24. The Morgan fingerprint density at radius 3 is 2.71 bits per heavy atom. The van der Waals surface area contributed by atoms with E-state index in [-0.39, 0.29) is 5.69 Å². The number of aromatic nitrogens is 4. The van der Waals surface area contributed by atoms with Gasteiger partial charge in [0.05, 0.1) is 16.8 Å². The van der Waals surface area contributed by atoms with E-state index in [0.717, 1.165) is 0 Å². The van der Waals surface area contributed by atoms with E-state index in [1.807, 2.05) is 0 Å². The highest BCUT2D eigenvalue weighted by atomic mass is 16.6. The van der Waals surface area contributed by atoms with Crippen LogP contribution in [0, 0.1) is 17.0 Å². The van der Waals surface area contributed by atoms with E-state index in [4.69, 9.17) is 0 Å². The lowest BCUT2D eigenvalue weighted by atomic mass is 10.4. The van der Waals surface area contributed by atoms with Crippen molar-refractivity contribution in [1.29, 1.82) is 0 Å². The monoisotopic (exact) mass is 236 g/mol. The summed E-state index contributed by atoms with van der Waals surface area (Å²) in [5.41, 5.74) is 1.04. The van der Waals surface area contributed by atoms with Crippen molar-refractivity contribution in [3.63, 3.8) is 0 Å². The van der Waals surface area contributed by atoms with Crippen molar-refractivity contribution >= 4 is 17.2 Å². The lowest BCUT2D eigenvalue weighted by Gasteiger charge is -2.02. The maximum atomic E-state index is 10.9. The molecule has 0 aliphatic rings. The molecular weight excluding hydrogens is 224 g/mol. The van der Waals surface area contributed by atoms with Gasteiger partial charge in [0.25, 0.3) is 0 Å². The van der Waals surface area contributed by atoms with Crippen molar-refractivity contribution in [3.8, 4) is 0 Å². The van der Waals surface area contributed by atoms with Crippen LogP contribution in [0.4, 0.5) is 17.2 Å². The standard InChI is InChI=1S/C9H12N6O2/c1-6-8(15(16)17)9(14(3)12-6)11-7-4-10-13(2)5-7/h4-5,11H,1-3H3. The molecule has 0 atom stereocenters. The zero-order chi connectivity index (χ0) is 12.6. The Morgan fingerprint density at radius 2 is 2.18 bits per heavy atom. The summed E-state index contributed by atoms with van der Waals surface area (Å²) in [6.45, 7) is 1.60. The van der Waals surface area contributed by atoms with E-state index < -0.39 is 4.92 Å². The number of hydrogen-bond donors (Lipinski definition) is 1. The zero-order valence-corrected chi connectivity index (χ0v) is 9.71. The van der Waals surface area contributed by atoms with Gasteiger partial charge < -0.3 is 5.32 Å². The molecule has 90 valence electrons. The lowest BCUT2D eigenvalue weighted by molar-refractivity contribution is -0.384. The topological polar surface area (TPSA) is 90.8 Å². The van der Waals surface area contributed by atoms with E-state index >= 15 is 0 Å². The van der Waals surface area contributed by atoms with Gasteiger partial charge in [0, 0.05) is 20.3 Å². The van der Waals surface area contributed by atoms with Gasteiger partial charge in [0.1, 0.15) is 5.69 Å². The van der Waals surface area contributed by atoms with E-state index in [1.54, 1.807) is 38.1 Å². The first kappa shape index (κ1) is 11.1. The van der Waals surface area contributed by atoms with E-state index in [2.05, 4.69) is 15.5 Å². The number of nitro groups is 1. The maximum absolute atomic E-state index is 10.9. The SMILES string of the molecule is Cc1nn(C)c(Nc2cnn(C)c2)c1[N+](=O)[O-]. The fourth-order valence-electron chi connectivity index (χ4n) is 1.63. The number of nitrogens with zero attached hydrogens (tertiary/aromatic N) is 5. The second kappa shape index (κ2) is 3.89. The Hall–Kier alpha value is -2.38. The lowest BCUT2D eigenvalue weighted by Crippen LogP contribution is -2.01. The van der Waals surface area contributed by atoms with Crippen molar-refractivity contribution in [1.82, 2.24) is 19.6 Å². The van der Waals surface area contributed by atoms with Gasteiger partial charge in [-0.3, -0.25) is 14.8 Å². The first-order valence-electron chi connectivity index (χ1n) is 4.92. The van der Waals surface area contributed by atoms with E-state index in [9.17, 15) is 10.1 Å². The minimum absolute atomic E-state index is 0.0173. The molecule has 0 saturated heterocycles. The quantitative estimate of drug-likeness (QED) is 0.636. The molecular formula is C9H12N6O2. The van der Waals surface area contributed by atoms with Gasteiger partial charge in [-0.1, -0.05) is 0 Å². The van der Waals surface area contributed by atoms with Crippen molar-refractivity contribution < 1.29 is 4.92 Å². The third-order valence-electron chi connectivity index (χ3n) is 2.34. The largest absolute Gasteiger partial charge is 0.334 e. The average Bonchev–Trinajstić information content (AvgIpc) is 2.72. The molecule has 0 amide bonds. The van der Waals surface area contributed by atoms with Crippen LogP contribution in [0.25, 0.3) is 0 Å². The van der Waals surface area contributed by atoms with Gasteiger partial charge in [0.15, 0.2) is 0 Å². The fourth-order valence-corrected chi connectivity index (χ4v) is 1.63. The molecule has 0 saturated carbocycles. The van der Waals surface area contributed by atoms with Crippen molar-refractivity contribution in [2.45, 2.75) is 6.92 Å². The molecule has 17 heavy (non-hydrogen) atoms.